The van der Waals surface area contributed by atoms with E-state index in [1.54, 1.807) is 12.1 Å². The second kappa shape index (κ2) is 5.17. The van der Waals surface area contributed by atoms with Gasteiger partial charge in [0.05, 0.1) is 28.6 Å². The van der Waals surface area contributed by atoms with E-state index in [0.29, 0.717) is 11.4 Å². The quantitative estimate of drug-likeness (QED) is 0.848. The van der Waals surface area contributed by atoms with E-state index >= 15 is 0 Å². The Morgan fingerprint density at radius 3 is 2.53 bits per heavy atom. The predicted molar refractivity (Wildman–Crippen MR) is 67.2 cm³/mol. The third-order valence-corrected chi connectivity index (χ3v) is 2.95. The van der Waals surface area contributed by atoms with Crippen LogP contribution in [0.15, 0.2) is 41.0 Å². The predicted octanol–water partition coefficient (Wildman–Crippen LogP) is 5.12. The smallest absolute Gasteiger partial charge is 0.416 e. The minimum Gasteiger partial charge on any atom is -0.467 e. The van der Waals surface area contributed by atoms with Crippen LogP contribution < -0.4 is 5.32 Å². The third kappa shape index (κ3) is 3.23. The molecule has 2 nitrogen and oxygen atoms in total. The van der Waals surface area contributed by atoms with Gasteiger partial charge >= 0.3 is 6.18 Å². The highest BCUT2D eigenvalue weighted by Gasteiger charge is 2.30. The number of halogens is 4. The molecule has 2 aromatic rings. The fourth-order valence-electron chi connectivity index (χ4n) is 1.65. The largest absolute Gasteiger partial charge is 0.467 e. The number of hydrogen-bond donors (Lipinski definition) is 1. The molecule has 0 spiro atoms. The van der Waals surface area contributed by atoms with Crippen molar-refractivity contribution in [3.63, 3.8) is 0 Å². The zero-order chi connectivity index (χ0) is 14.0. The van der Waals surface area contributed by atoms with Crippen LogP contribution in [-0.4, -0.2) is 0 Å². The number of benzene rings is 1. The molecule has 0 radical (unpaired) electrons. The van der Waals surface area contributed by atoms with Crippen molar-refractivity contribution in [2.45, 2.75) is 19.1 Å². The Morgan fingerprint density at radius 2 is 2.00 bits per heavy atom. The third-order valence-electron chi connectivity index (χ3n) is 2.64. The lowest BCUT2D eigenvalue weighted by Gasteiger charge is -2.15. The highest BCUT2D eigenvalue weighted by molar-refractivity contribution is 6.33. The van der Waals surface area contributed by atoms with Crippen LogP contribution in [0.3, 0.4) is 0 Å². The van der Waals surface area contributed by atoms with Gasteiger partial charge in [0.25, 0.3) is 0 Å². The van der Waals surface area contributed by atoms with Crippen LogP contribution >= 0.6 is 11.6 Å². The van der Waals surface area contributed by atoms with E-state index in [2.05, 4.69) is 5.32 Å². The molecule has 1 atom stereocenters. The van der Waals surface area contributed by atoms with Crippen molar-refractivity contribution in [2.24, 2.45) is 0 Å². The first kappa shape index (κ1) is 13.8. The topological polar surface area (TPSA) is 25.2 Å². The van der Waals surface area contributed by atoms with E-state index in [9.17, 15) is 13.2 Å². The van der Waals surface area contributed by atoms with Crippen LogP contribution in [0.1, 0.15) is 24.3 Å². The van der Waals surface area contributed by atoms with Crippen molar-refractivity contribution >= 4 is 17.3 Å². The molecule has 0 aliphatic carbocycles. The second-order valence-corrected chi connectivity index (χ2v) is 4.48. The number of alkyl halides is 3. The van der Waals surface area contributed by atoms with Gasteiger partial charge in [-0.15, -0.1) is 0 Å². The molecule has 1 N–H and O–H groups in total. The molecule has 1 unspecified atom stereocenters. The lowest BCUT2D eigenvalue weighted by atomic mass is 10.1. The summed E-state index contributed by atoms with van der Waals surface area (Å²) in [6.45, 7) is 1.83. The lowest BCUT2D eigenvalue weighted by molar-refractivity contribution is -0.137. The molecule has 19 heavy (non-hydrogen) atoms. The van der Waals surface area contributed by atoms with E-state index < -0.39 is 11.7 Å². The molecular weight excluding hydrogens is 279 g/mol. The first-order chi connectivity index (χ1) is 8.88. The Balaban J connectivity index is 2.18. The highest BCUT2D eigenvalue weighted by Crippen LogP contribution is 2.34. The summed E-state index contributed by atoms with van der Waals surface area (Å²) in [7, 11) is 0. The molecular formula is C13H11ClF3NO. The molecule has 0 saturated carbocycles. The first-order valence-electron chi connectivity index (χ1n) is 5.54. The Bertz CT molecular complexity index is 552. The van der Waals surface area contributed by atoms with Crippen molar-refractivity contribution in [1.29, 1.82) is 0 Å². The van der Waals surface area contributed by atoms with Gasteiger partial charge in [-0.05, 0) is 37.3 Å². The van der Waals surface area contributed by atoms with E-state index in [1.165, 1.54) is 12.3 Å². The first-order valence-corrected chi connectivity index (χ1v) is 5.92. The van der Waals surface area contributed by atoms with Crippen LogP contribution in [0.25, 0.3) is 0 Å². The van der Waals surface area contributed by atoms with Gasteiger partial charge in [-0.2, -0.15) is 13.2 Å². The van der Waals surface area contributed by atoms with Gasteiger partial charge < -0.3 is 9.73 Å². The maximum Gasteiger partial charge on any atom is 0.416 e. The zero-order valence-electron chi connectivity index (χ0n) is 9.96. The molecule has 1 heterocycles. The summed E-state index contributed by atoms with van der Waals surface area (Å²) in [6, 6.07) is 6.52. The summed E-state index contributed by atoms with van der Waals surface area (Å²) in [5.41, 5.74) is -0.340. The molecule has 0 amide bonds. The summed E-state index contributed by atoms with van der Waals surface area (Å²) < 4.78 is 42.7. The Kier molecular flexibility index (Phi) is 3.75. The monoisotopic (exact) mass is 289 g/mol. The molecule has 1 aromatic heterocycles. The van der Waals surface area contributed by atoms with Crippen molar-refractivity contribution in [3.8, 4) is 0 Å². The van der Waals surface area contributed by atoms with Crippen LogP contribution in [0.4, 0.5) is 18.9 Å². The Morgan fingerprint density at radius 1 is 1.26 bits per heavy atom. The van der Waals surface area contributed by atoms with Crippen molar-refractivity contribution in [3.05, 3.63) is 52.9 Å². The molecule has 102 valence electrons. The van der Waals surface area contributed by atoms with Gasteiger partial charge in [0, 0.05) is 0 Å². The maximum absolute atomic E-state index is 12.5. The molecule has 0 aliphatic rings. The molecule has 2 rings (SSSR count). The highest BCUT2D eigenvalue weighted by atomic mass is 35.5. The maximum atomic E-state index is 12.5. The minimum absolute atomic E-state index is 0.0215. The molecule has 0 fully saturated rings. The zero-order valence-corrected chi connectivity index (χ0v) is 10.7. The van der Waals surface area contributed by atoms with Crippen LogP contribution in [0.2, 0.25) is 5.02 Å². The number of anilines is 1. The van der Waals surface area contributed by atoms with E-state index in [1.807, 2.05) is 6.92 Å². The summed E-state index contributed by atoms with van der Waals surface area (Å²) in [4.78, 5) is 0. The van der Waals surface area contributed by atoms with Gasteiger partial charge in [-0.25, -0.2) is 0 Å². The van der Waals surface area contributed by atoms with Crippen molar-refractivity contribution in [2.75, 3.05) is 5.32 Å². The van der Waals surface area contributed by atoms with E-state index in [-0.39, 0.29) is 11.1 Å². The average Bonchev–Trinajstić information content (AvgIpc) is 2.84. The van der Waals surface area contributed by atoms with Gasteiger partial charge in [-0.1, -0.05) is 11.6 Å². The normalized spacial score (nSPS) is 13.3. The fraction of sp³-hybridized carbons (Fsp3) is 0.231. The molecule has 0 bridgehead atoms. The summed E-state index contributed by atoms with van der Waals surface area (Å²) in [5.74, 6) is 0.677. The average molecular weight is 290 g/mol. The van der Waals surface area contributed by atoms with Gasteiger partial charge in [0.2, 0.25) is 0 Å². The minimum atomic E-state index is -4.39. The number of nitrogens with one attached hydrogen (secondary N) is 1. The van der Waals surface area contributed by atoms with E-state index in [0.717, 1.165) is 12.1 Å². The van der Waals surface area contributed by atoms with Gasteiger partial charge in [0.1, 0.15) is 5.76 Å². The summed E-state index contributed by atoms with van der Waals surface area (Å²) in [5, 5.41) is 3.02. The summed E-state index contributed by atoms with van der Waals surface area (Å²) >= 11 is 5.85. The van der Waals surface area contributed by atoms with Crippen LogP contribution in [0, 0.1) is 0 Å². The van der Waals surface area contributed by atoms with Gasteiger partial charge in [0.15, 0.2) is 0 Å². The molecule has 6 heteroatoms. The molecule has 0 aliphatic heterocycles. The van der Waals surface area contributed by atoms with E-state index in [4.69, 9.17) is 16.0 Å². The van der Waals surface area contributed by atoms with Crippen molar-refractivity contribution < 1.29 is 17.6 Å². The van der Waals surface area contributed by atoms with Gasteiger partial charge in [-0.3, -0.25) is 0 Å². The fourth-order valence-corrected chi connectivity index (χ4v) is 1.89. The summed E-state index contributed by atoms with van der Waals surface area (Å²) in [6.07, 6.45) is -2.86. The standard InChI is InChI=1S/C13H11ClF3NO/c1-8(12-3-2-6-19-12)18-11-5-4-9(7-10(11)14)13(15,16)17/h2-8,18H,1H3. The van der Waals surface area contributed by atoms with Crippen LogP contribution in [-0.2, 0) is 6.18 Å². The SMILES string of the molecule is CC(Nc1ccc(C(F)(F)F)cc1Cl)c1ccco1. The molecule has 1 aromatic carbocycles. The Labute approximate surface area is 113 Å². The Hall–Kier alpha value is -1.62. The second-order valence-electron chi connectivity index (χ2n) is 4.07. The number of furan rings is 1. The number of hydrogen-bond acceptors (Lipinski definition) is 2. The molecule has 0 saturated heterocycles. The van der Waals surface area contributed by atoms with Crippen molar-refractivity contribution in [1.82, 2.24) is 0 Å². The number of rotatable bonds is 3. The van der Waals surface area contributed by atoms with Crippen LogP contribution in [0.5, 0.6) is 0 Å². The lowest BCUT2D eigenvalue weighted by Crippen LogP contribution is -2.08.